The van der Waals surface area contributed by atoms with Gasteiger partial charge in [-0.05, 0) is 43.2 Å². The van der Waals surface area contributed by atoms with Crippen molar-refractivity contribution in [1.29, 1.82) is 0 Å². The van der Waals surface area contributed by atoms with Gasteiger partial charge in [-0.3, -0.25) is 0 Å². The van der Waals surface area contributed by atoms with Crippen LogP contribution >= 0.6 is 0 Å². The summed E-state index contributed by atoms with van der Waals surface area (Å²) in [5.41, 5.74) is 5.20. The second kappa shape index (κ2) is 5.63. The Balaban J connectivity index is 1.74. The smallest absolute Gasteiger partial charge is 0.185 e. The molecule has 0 amide bonds. The van der Waals surface area contributed by atoms with Crippen LogP contribution < -0.4 is 0 Å². The van der Waals surface area contributed by atoms with Gasteiger partial charge in [0.15, 0.2) is 17.1 Å². The van der Waals surface area contributed by atoms with E-state index in [2.05, 4.69) is 45.3 Å². The number of para-hydroxylation sites is 1. The van der Waals surface area contributed by atoms with Crippen LogP contribution in [-0.4, -0.2) is 34.5 Å². The van der Waals surface area contributed by atoms with Gasteiger partial charge in [0.2, 0.25) is 0 Å². The van der Waals surface area contributed by atoms with E-state index in [-0.39, 0.29) is 5.75 Å². The maximum absolute atomic E-state index is 10.1. The number of nitrogens with zero attached hydrogens (tertiary/aromatic N) is 6. The number of phenols is 1. The molecule has 0 aliphatic carbocycles. The molecule has 5 rings (SSSR count). The molecule has 7 nitrogen and oxygen atoms in total. The largest absolute Gasteiger partial charge is 0.507 e. The number of aromatic hydroxyl groups is 1. The Morgan fingerprint density at radius 1 is 1.00 bits per heavy atom. The highest BCUT2D eigenvalue weighted by Crippen LogP contribution is 2.28. The van der Waals surface area contributed by atoms with Crippen molar-refractivity contribution in [2.45, 2.75) is 13.8 Å². The van der Waals surface area contributed by atoms with Crippen LogP contribution in [0.25, 0.3) is 33.8 Å². The fourth-order valence-electron chi connectivity index (χ4n) is 3.22. The van der Waals surface area contributed by atoms with E-state index in [9.17, 15) is 5.11 Å². The molecule has 0 atom stereocenters. The van der Waals surface area contributed by atoms with Gasteiger partial charge in [-0.15, -0.1) is 5.10 Å². The molecule has 0 unspecified atom stereocenters. The van der Waals surface area contributed by atoms with E-state index in [1.54, 1.807) is 35.2 Å². The number of hydrogen-bond acceptors (Lipinski definition) is 5. The molecule has 2 aromatic carbocycles. The predicted molar refractivity (Wildman–Crippen MR) is 102 cm³/mol. The zero-order valence-corrected chi connectivity index (χ0v) is 14.8. The van der Waals surface area contributed by atoms with Crippen LogP contribution in [0.5, 0.6) is 5.75 Å². The molecule has 0 bridgehead atoms. The maximum atomic E-state index is 10.1. The molecule has 0 aliphatic rings. The third-order valence-electron chi connectivity index (χ3n) is 4.64. The monoisotopic (exact) mass is 356 g/mol. The Labute approximate surface area is 154 Å². The topological polar surface area (TPSA) is 81.1 Å². The molecule has 1 N–H and O–H groups in total. The van der Waals surface area contributed by atoms with E-state index in [0.29, 0.717) is 22.7 Å². The molecule has 5 aromatic rings. The molecule has 0 radical (unpaired) electrons. The van der Waals surface area contributed by atoms with Gasteiger partial charge in [0, 0.05) is 0 Å². The first-order valence-corrected chi connectivity index (χ1v) is 8.57. The van der Waals surface area contributed by atoms with Gasteiger partial charge < -0.3 is 5.11 Å². The standard InChI is InChI=1S/C20H16N6O/c1-12-7-8-13(2)16(9-12)26-19-15(10-22-26)20-23-18(24-25(20)11-21-19)14-5-3-4-6-17(14)27/h3-11,27H,1-2H3. The number of aromatic nitrogens is 6. The number of fused-ring (bicyclic) bond motifs is 3. The summed E-state index contributed by atoms with van der Waals surface area (Å²) < 4.78 is 3.44. The second-order valence-electron chi connectivity index (χ2n) is 6.55. The summed E-state index contributed by atoms with van der Waals surface area (Å²) in [5, 5.41) is 19.9. The van der Waals surface area contributed by atoms with Crippen molar-refractivity contribution in [3.8, 4) is 22.8 Å². The van der Waals surface area contributed by atoms with E-state index < -0.39 is 0 Å². The molecule has 0 aliphatic heterocycles. The van der Waals surface area contributed by atoms with Crippen LogP contribution in [0.3, 0.4) is 0 Å². The Morgan fingerprint density at radius 3 is 2.70 bits per heavy atom. The zero-order chi connectivity index (χ0) is 18.5. The van der Waals surface area contributed by atoms with Gasteiger partial charge >= 0.3 is 0 Å². The van der Waals surface area contributed by atoms with E-state index in [1.807, 2.05) is 17.7 Å². The molecule has 3 heterocycles. The number of aryl methyl sites for hydroxylation is 2. The predicted octanol–water partition coefficient (Wildman–Crippen LogP) is 3.45. The lowest BCUT2D eigenvalue weighted by molar-refractivity contribution is 0.477. The molecule has 3 aromatic heterocycles. The van der Waals surface area contributed by atoms with Crippen LogP contribution in [0, 0.1) is 13.8 Å². The third kappa shape index (κ3) is 2.36. The maximum Gasteiger partial charge on any atom is 0.185 e. The van der Waals surface area contributed by atoms with Crippen molar-refractivity contribution in [3.63, 3.8) is 0 Å². The average Bonchev–Trinajstić information content (AvgIpc) is 3.27. The Hall–Kier alpha value is -3.74. The minimum Gasteiger partial charge on any atom is -0.507 e. The van der Waals surface area contributed by atoms with E-state index in [1.165, 1.54) is 0 Å². The van der Waals surface area contributed by atoms with E-state index >= 15 is 0 Å². The van der Waals surface area contributed by atoms with Crippen molar-refractivity contribution in [2.75, 3.05) is 0 Å². The lowest BCUT2D eigenvalue weighted by Gasteiger charge is -2.07. The molecule has 132 valence electrons. The van der Waals surface area contributed by atoms with Gasteiger partial charge in [0.1, 0.15) is 12.1 Å². The molecule has 0 saturated carbocycles. The van der Waals surface area contributed by atoms with E-state index in [0.717, 1.165) is 22.2 Å². The quantitative estimate of drug-likeness (QED) is 0.524. The first-order chi connectivity index (χ1) is 13.1. The number of hydrogen-bond donors (Lipinski definition) is 1. The minimum absolute atomic E-state index is 0.142. The zero-order valence-electron chi connectivity index (χ0n) is 14.8. The van der Waals surface area contributed by atoms with Crippen molar-refractivity contribution >= 4 is 16.7 Å². The second-order valence-corrected chi connectivity index (χ2v) is 6.55. The number of phenolic OH excluding ortho intramolecular Hbond substituents is 1. The number of rotatable bonds is 2. The molecule has 0 saturated heterocycles. The summed E-state index contributed by atoms with van der Waals surface area (Å²) in [6.45, 7) is 4.10. The third-order valence-corrected chi connectivity index (χ3v) is 4.64. The van der Waals surface area contributed by atoms with Gasteiger partial charge in [-0.25, -0.2) is 19.2 Å². The van der Waals surface area contributed by atoms with Crippen LogP contribution in [0.1, 0.15) is 11.1 Å². The highest BCUT2D eigenvalue weighted by atomic mass is 16.3. The summed E-state index contributed by atoms with van der Waals surface area (Å²) >= 11 is 0. The summed E-state index contributed by atoms with van der Waals surface area (Å²) in [6.07, 6.45) is 3.38. The van der Waals surface area contributed by atoms with Crippen molar-refractivity contribution in [2.24, 2.45) is 0 Å². The van der Waals surface area contributed by atoms with Crippen LogP contribution in [0.2, 0.25) is 0 Å². The summed E-state index contributed by atoms with van der Waals surface area (Å²) in [4.78, 5) is 9.16. The lowest BCUT2D eigenvalue weighted by Crippen LogP contribution is -2.01. The molecule has 7 heteroatoms. The van der Waals surface area contributed by atoms with Crippen LogP contribution in [0.4, 0.5) is 0 Å². The van der Waals surface area contributed by atoms with Crippen molar-refractivity contribution in [3.05, 3.63) is 66.1 Å². The normalized spacial score (nSPS) is 11.5. The molecular weight excluding hydrogens is 340 g/mol. The Bertz CT molecular complexity index is 1320. The highest BCUT2D eigenvalue weighted by molar-refractivity contribution is 5.90. The lowest BCUT2D eigenvalue weighted by atomic mass is 10.1. The molecular formula is C20H16N6O. The van der Waals surface area contributed by atoms with Gasteiger partial charge in [0.25, 0.3) is 0 Å². The first kappa shape index (κ1) is 15.5. The number of benzene rings is 2. The Kier molecular flexibility index (Phi) is 3.24. The first-order valence-electron chi connectivity index (χ1n) is 8.57. The fraction of sp³-hybridized carbons (Fsp3) is 0.100. The Morgan fingerprint density at radius 2 is 1.85 bits per heavy atom. The van der Waals surface area contributed by atoms with Crippen molar-refractivity contribution < 1.29 is 5.11 Å². The van der Waals surface area contributed by atoms with Gasteiger partial charge in [-0.1, -0.05) is 24.3 Å². The highest BCUT2D eigenvalue weighted by Gasteiger charge is 2.16. The summed E-state index contributed by atoms with van der Waals surface area (Å²) in [5.74, 6) is 0.588. The minimum atomic E-state index is 0.142. The van der Waals surface area contributed by atoms with Gasteiger partial charge in [0.05, 0.1) is 22.8 Å². The molecule has 0 spiro atoms. The fourth-order valence-corrected chi connectivity index (χ4v) is 3.22. The van der Waals surface area contributed by atoms with Crippen LogP contribution in [0.15, 0.2) is 55.0 Å². The summed E-state index contributed by atoms with van der Waals surface area (Å²) in [7, 11) is 0. The molecule has 0 fully saturated rings. The average molecular weight is 356 g/mol. The SMILES string of the molecule is Cc1ccc(C)c(-n2ncc3c2ncn2nc(-c4ccccc4O)nc32)c1. The van der Waals surface area contributed by atoms with Crippen LogP contribution in [-0.2, 0) is 0 Å². The summed E-state index contributed by atoms with van der Waals surface area (Å²) in [6, 6.07) is 13.2. The van der Waals surface area contributed by atoms with Gasteiger partial charge in [-0.2, -0.15) is 5.10 Å². The molecule has 27 heavy (non-hydrogen) atoms. The van der Waals surface area contributed by atoms with Crippen molar-refractivity contribution in [1.82, 2.24) is 29.4 Å². The van der Waals surface area contributed by atoms with E-state index in [4.69, 9.17) is 0 Å².